The van der Waals surface area contributed by atoms with E-state index in [9.17, 15) is 4.39 Å². The standard InChI is InChI=1S/C20H22FN5/c1-14-24-18(12-19(25-14)20-22-8-9-23-20)15-6-10-26(11-7-15)13-16-4-2-3-5-17(16)21/h2-5,8-9,12,15H,6-7,10-11,13H2,1H3,(H,22,23). The summed E-state index contributed by atoms with van der Waals surface area (Å²) in [5, 5.41) is 0. The van der Waals surface area contributed by atoms with E-state index in [-0.39, 0.29) is 5.82 Å². The van der Waals surface area contributed by atoms with Crippen molar-refractivity contribution in [2.45, 2.75) is 32.2 Å². The Morgan fingerprint density at radius 2 is 2.00 bits per heavy atom. The fourth-order valence-corrected chi connectivity index (χ4v) is 3.58. The average Bonchev–Trinajstić information content (AvgIpc) is 3.19. The van der Waals surface area contributed by atoms with Gasteiger partial charge in [-0.25, -0.2) is 19.3 Å². The highest BCUT2D eigenvalue weighted by atomic mass is 19.1. The van der Waals surface area contributed by atoms with Crippen molar-refractivity contribution in [3.63, 3.8) is 0 Å². The first-order valence-electron chi connectivity index (χ1n) is 9.00. The number of hydrogen-bond acceptors (Lipinski definition) is 4. The van der Waals surface area contributed by atoms with Crippen LogP contribution in [0.15, 0.2) is 42.7 Å². The van der Waals surface area contributed by atoms with E-state index in [2.05, 4.69) is 24.8 Å². The molecular formula is C20H22FN5. The first-order valence-corrected chi connectivity index (χ1v) is 9.00. The molecule has 0 unspecified atom stereocenters. The van der Waals surface area contributed by atoms with Crippen LogP contribution < -0.4 is 0 Å². The van der Waals surface area contributed by atoms with Crippen molar-refractivity contribution in [1.82, 2.24) is 24.8 Å². The second-order valence-corrected chi connectivity index (χ2v) is 6.80. The maximum atomic E-state index is 13.9. The summed E-state index contributed by atoms with van der Waals surface area (Å²) >= 11 is 0. The second kappa shape index (κ2) is 7.33. The molecule has 4 rings (SSSR count). The molecule has 1 fully saturated rings. The first kappa shape index (κ1) is 16.8. The molecule has 0 spiro atoms. The van der Waals surface area contributed by atoms with Gasteiger partial charge in [-0.1, -0.05) is 18.2 Å². The molecule has 3 aromatic rings. The zero-order chi connectivity index (χ0) is 17.9. The molecule has 1 aliphatic heterocycles. The highest BCUT2D eigenvalue weighted by Crippen LogP contribution is 2.29. The van der Waals surface area contributed by atoms with Gasteiger partial charge in [-0.2, -0.15) is 0 Å². The van der Waals surface area contributed by atoms with E-state index in [1.807, 2.05) is 25.1 Å². The summed E-state index contributed by atoms with van der Waals surface area (Å²) < 4.78 is 13.9. The number of aryl methyl sites for hydroxylation is 1. The lowest BCUT2D eigenvalue weighted by Gasteiger charge is -2.32. The van der Waals surface area contributed by atoms with Gasteiger partial charge in [-0.15, -0.1) is 0 Å². The Morgan fingerprint density at radius 3 is 2.73 bits per heavy atom. The van der Waals surface area contributed by atoms with Crippen molar-refractivity contribution in [2.75, 3.05) is 13.1 Å². The lowest BCUT2D eigenvalue weighted by atomic mass is 9.92. The summed E-state index contributed by atoms with van der Waals surface area (Å²) in [6.07, 6.45) is 5.56. The normalized spacial score (nSPS) is 16.1. The van der Waals surface area contributed by atoms with Crippen LogP contribution in [0.5, 0.6) is 0 Å². The van der Waals surface area contributed by atoms with Crippen molar-refractivity contribution in [3.05, 3.63) is 65.6 Å². The number of aromatic amines is 1. The molecule has 1 aliphatic rings. The smallest absolute Gasteiger partial charge is 0.156 e. The minimum Gasteiger partial charge on any atom is -0.343 e. The van der Waals surface area contributed by atoms with Crippen molar-refractivity contribution < 1.29 is 4.39 Å². The van der Waals surface area contributed by atoms with Crippen molar-refractivity contribution in [1.29, 1.82) is 0 Å². The molecule has 1 aromatic carbocycles. The predicted octanol–water partition coefficient (Wildman–Crippen LogP) is 3.69. The van der Waals surface area contributed by atoms with Crippen LogP contribution in [0, 0.1) is 12.7 Å². The number of benzene rings is 1. The van der Waals surface area contributed by atoms with Gasteiger partial charge in [0.25, 0.3) is 0 Å². The molecule has 6 heteroatoms. The molecule has 2 aromatic heterocycles. The van der Waals surface area contributed by atoms with Gasteiger partial charge in [0.05, 0.1) is 0 Å². The summed E-state index contributed by atoms with van der Waals surface area (Å²) in [5.41, 5.74) is 2.68. The van der Waals surface area contributed by atoms with Crippen LogP contribution >= 0.6 is 0 Å². The van der Waals surface area contributed by atoms with Gasteiger partial charge in [-0.05, 0) is 45.0 Å². The third kappa shape index (κ3) is 3.65. The molecule has 134 valence electrons. The Bertz CT molecular complexity index is 870. The lowest BCUT2D eigenvalue weighted by molar-refractivity contribution is 0.201. The maximum absolute atomic E-state index is 13.9. The van der Waals surface area contributed by atoms with Crippen LogP contribution in [-0.2, 0) is 6.54 Å². The second-order valence-electron chi connectivity index (χ2n) is 6.80. The number of H-pyrrole nitrogens is 1. The first-order chi connectivity index (χ1) is 12.7. The van der Waals surface area contributed by atoms with E-state index in [0.717, 1.165) is 54.5 Å². The Kier molecular flexibility index (Phi) is 4.75. The van der Waals surface area contributed by atoms with E-state index < -0.39 is 0 Å². The Labute approximate surface area is 152 Å². The van der Waals surface area contributed by atoms with Crippen molar-refractivity contribution in [3.8, 4) is 11.5 Å². The highest BCUT2D eigenvalue weighted by molar-refractivity contribution is 5.49. The van der Waals surface area contributed by atoms with Gasteiger partial charge in [0, 0.05) is 36.1 Å². The molecule has 1 N–H and O–H groups in total. The van der Waals surface area contributed by atoms with Crippen molar-refractivity contribution >= 4 is 0 Å². The van der Waals surface area contributed by atoms with Gasteiger partial charge in [0.1, 0.15) is 17.3 Å². The summed E-state index contributed by atoms with van der Waals surface area (Å²) in [7, 11) is 0. The monoisotopic (exact) mass is 351 g/mol. The Morgan fingerprint density at radius 1 is 1.19 bits per heavy atom. The van der Waals surface area contributed by atoms with Gasteiger partial charge in [0.2, 0.25) is 0 Å². The Balaban J connectivity index is 1.44. The number of hydrogen-bond donors (Lipinski definition) is 1. The summed E-state index contributed by atoms with van der Waals surface area (Å²) in [5.74, 6) is 1.82. The minimum atomic E-state index is -0.121. The van der Waals surface area contributed by atoms with Crippen LogP contribution in [0.4, 0.5) is 4.39 Å². The maximum Gasteiger partial charge on any atom is 0.156 e. The largest absolute Gasteiger partial charge is 0.343 e. The molecule has 1 saturated heterocycles. The quantitative estimate of drug-likeness (QED) is 0.779. The fourth-order valence-electron chi connectivity index (χ4n) is 3.58. The zero-order valence-electron chi connectivity index (χ0n) is 14.8. The molecule has 0 saturated carbocycles. The predicted molar refractivity (Wildman–Crippen MR) is 98.0 cm³/mol. The van der Waals surface area contributed by atoms with Crippen LogP contribution in [-0.4, -0.2) is 37.9 Å². The van der Waals surface area contributed by atoms with Crippen LogP contribution in [0.3, 0.4) is 0 Å². The molecule has 5 nitrogen and oxygen atoms in total. The van der Waals surface area contributed by atoms with E-state index in [0.29, 0.717) is 12.5 Å². The molecule has 26 heavy (non-hydrogen) atoms. The zero-order valence-corrected chi connectivity index (χ0v) is 14.8. The Hall–Kier alpha value is -2.60. The molecule has 0 atom stereocenters. The molecule has 0 amide bonds. The number of nitrogens with one attached hydrogen (secondary N) is 1. The number of likely N-dealkylation sites (tertiary alicyclic amines) is 1. The number of imidazole rings is 1. The van der Waals surface area contributed by atoms with Crippen LogP contribution in [0.2, 0.25) is 0 Å². The third-order valence-electron chi connectivity index (χ3n) is 4.96. The van der Waals surface area contributed by atoms with E-state index in [1.54, 1.807) is 18.5 Å². The lowest BCUT2D eigenvalue weighted by Crippen LogP contribution is -2.33. The van der Waals surface area contributed by atoms with Gasteiger partial charge in [-0.3, -0.25) is 4.90 Å². The molecular weight excluding hydrogens is 329 g/mol. The van der Waals surface area contributed by atoms with Gasteiger partial charge < -0.3 is 4.98 Å². The average molecular weight is 351 g/mol. The molecule has 0 bridgehead atoms. The van der Waals surface area contributed by atoms with Crippen LogP contribution in [0.25, 0.3) is 11.5 Å². The number of piperidine rings is 1. The summed E-state index contributed by atoms with van der Waals surface area (Å²) in [6, 6.07) is 9.07. The number of aromatic nitrogens is 4. The van der Waals surface area contributed by atoms with E-state index in [4.69, 9.17) is 0 Å². The molecule has 0 radical (unpaired) electrons. The minimum absolute atomic E-state index is 0.121. The number of halogens is 1. The summed E-state index contributed by atoms with van der Waals surface area (Å²) in [4.78, 5) is 18.9. The highest BCUT2D eigenvalue weighted by Gasteiger charge is 2.23. The van der Waals surface area contributed by atoms with Crippen LogP contribution in [0.1, 0.15) is 35.8 Å². The van der Waals surface area contributed by atoms with Gasteiger partial charge in [0.15, 0.2) is 5.82 Å². The third-order valence-corrected chi connectivity index (χ3v) is 4.96. The van der Waals surface area contributed by atoms with Gasteiger partial charge >= 0.3 is 0 Å². The van der Waals surface area contributed by atoms with E-state index in [1.165, 1.54) is 6.07 Å². The fraction of sp³-hybridized carbons (Fsp3) is 0.350. The number of rotatable bonds is 4. The van der Waals surface area contributed by atoms with E-state index >= 15 is 0 Å². The SMILES string of the molecule is Cc1nc(-c2ncc[nH]2)cc(C2CCN(Cc3ccccc3F)CC2)n1. The summed E-state index contributed by atoms with van der Waals surface area (Å²) in [6.45, 7) is 4.47. The van der Waals surface area contributed by atoms with Crippen molar-refractivity contribution in [2.24, 2.45) is 0 Å². The number of nitrogens with zero attached hydrogens (tertiary/aromatic N) is 4. The topological polar surface area (TPSA) is 57.7 Å². The molecule has 0 aliphatic carbocycles. The molecule has 3 heterocycles.